The molecule has 0 bridgehead atoms. The van der Waals surface area contributed by atoms with Crippen molar-refractivity contribution >= 4 is 5.91 Å². The van der Waals surface area contributed by atoms with Gasteiger partial charge in [0.15, 0.2) is 0 Å². The van der Waals surface area contributed by atoms with Crippen LogP contribution in [0.4, 0.5) is 4.39 Å². The van der Waals surface area contributed by atoms with Gasteiger partial charge < -0.3 is 5.32 Å². The molecule has 1 aromatic carbocycles. The summed E-state index contributed by atoms with van der Waals surface area (Å²) in [5.74, 6) is -0.476. The fraction of sp³-hybridized carbons (Fsp3) is 0.500. The van der Waals surface area contributed by atoms with Crippen LogP contribution in [0.2, 0.25) is 0 Å². The van der Waals surface area contributed by atoms with Crippen LogP contribution in [0.5, 0.6) is 0 Å². The number of rotatable bonds is 2. The van der Waals surface area contributed by atoms with Gasteiger partial charge in [0.2, 0.25) is 0 Å². The maximum absolute atomic E-state index is 13.4. The molecule has 0 aliphatic heterocycles. The summed E-state index contributed by atoms with van der Waals surface area (Å²) in [6, 6.07) is 3.35. The van der Waals surface area contributed by atoms with Crippen LogP contribution in [0.1, 0.15) is 48.2 Å². The molecule has 1 fully saturated rings. The van der Waals surface area contributed by atoms with Crippen LogP contribution in [0.25, 0.3) is 0 Å². The van der Waals surface area contributed by atoms with Crippen molar-refractivity contribution in [2.45, 2.75) is 46.6 Å². The molecule has 0 radical (unpaired) electrons. The highest BCUT2D eigenvalue weighted by molar-refractivity contribution is 5.94. The first-order valence-electron chi connectivity index (χ1n) is 6.15. The first-order valence-corrected chi connectivity index (χ1v) is 6.15. The third kappa shape index (κ3) is 3.55. The maximum Gasteiger partial charge on any atom is 0.251 e. The first kappa shape index (κ1) is 13.7. The standard InChI is InChI=1S/C12H14FNO.C2H6/c1-7-5-9(6-11(13)8(7)2)12(15)14-10-3-4-10;1-2/h5-6,10H,3-4H2,1-2H3,(H,14,15);1-2H3. The molecule has 2 nitrogen and oxygen atoms in total. The monoisotopic (exact) mass is 237 g/mol. The van der Waals surface area contributed by atoms with E-state index in [0.717, 1.165) is 18.4 Å². The van der Waals surface area contributed by atoms with E-state index < -0.39 is 0 Å². The fourth-order valence-corrected chi connectivity index (χ4v) is 1.44. The minimum Gasteiger partial charge on any atom is -0.349 e. The summed E-state index contributed by atoms with van der Waals surface area (Å²) in [6.45, 7) is 7.53. The van der Waals surface area contributed by atoms with Crippen LogP contribution in [-0.4, -0.2) is 11.9 Å². The van der Waals surface area contributed by atoms with E-state index in [9.17, 15) is 9.18 Å². The number of nitrogens with one attached hydrogen (secondary N) is 1. The van der Waals surface area contributed by atoms with E-state index in [0.29, 0.717) is 17.2 Å². The number of halogens is 1. The maximum atomic E-state index is 13.4. The summed E-state index contributed by atoms with van der Waals surface area (Å²) in [6.07, 6.45) is 2.08. The average molecular weight is 237 g/mol. The SMILES string of the molecule is CC.Cc1cc(C(=O)NC2CC2)cc(F)c1C. The van der Waals surface area contributed by atoms with Gasteiger partial charge in [-0.05, 0) is 49.9 Å². The lowest BCUT2D eigenvalue weighted by Gasteiger charge is -2.07. The van der Waals surface area contributed by atoms with Gasteiger partial charge >= 0.3 is 0 Å². The molecule has 0 spiro atoms. The van der Waals surface area contributed by atoms with Gasteiger partial charge in [0.1, 0.15) is 5.82 Å². The molecular weight excluding hydrogens is 217 g/mol. The zero-order valence-electron chi connectivity index (χ0n) is 10.9. The topological polar surface area (TPSA) is 29.1 Å². The lowest BCUT2D eigenvalue weighted by molar-refractivity contribution is 0.0950. The third-order valence-corrected chi connectivity index (χ3v) is 2.78. The second-order valence-corrected chi connectivity index (χ2v) is 4.15. The van der Waals surface area contributed by atoms with Gasteiger partial charge in [0.25, 0.3) is 5.91 Å². The smallest absolute Gasteiger partial charge is 0.251 e. The van der Waals surface area contributed by atoms with Crippen molar-refractivity contribution in [3.63, 3.8) is 0 Å². The molecule has 0 unspecified atom stereocenters. The van der Waals surface area contributed by atoms with Gasteiger partial charge in [-0.15, -0.1) is 0 Å². The third-order valence-electron chi connectivity index (χ3n) is 2.78. The van der Waals surface area contributed by atoms with Crippen LogP contribution in [0.3, 0.4) is 0 Å². The summed E-state index contributed by atoms with van der Waals surface area (Å²) < 4.78 is 13.4. The van der Waals surface area contributed by atoms with E-state index in [1.54, 1.807) is 13.0 Å². The summed E-state index contributed by atoms with van der Waals surface area (Å²) >= 11 is 0. The molecule has 1 saturated carbocycles. The number of aryl methyl sites for hydroxylation is 1. The molecule has 1 amide bonds. The van der Waals surface area contributed by atoms with Crippen molar-refractivity contribution in [3.8, 4) is 0 Å². The molecule has 0 heterocycles. The zero-order chi connectivity index (χ0) is 13.0. The summed E-state index contributed by atoms with van der Waals surface area (Å²) in [5, 5.41) is 2.84. The summed E-state index contributed by atoms with van der Waals surface area (Å²) in [5.41, 5.74) is 1.84. The Morgan fingerprint density at radius 1 is 1.29 bits per heavy atom. The Morgan fingerprint density at radius 3 is 2.35 bits per heavy atom. The first-order chi connectivity index (χ1) is 8.08. The molecule has 1 aromatic rings. The van der Waals surface area contributed by atoms with E-state index in [-0.39, 0.29) is 11.7 Å². The van der Waals surface area contributed by atoms with Crippen molar-refractivity contribution < 1.29 is 9.18 Å². The number of amides is 1. The highest BCUT2D eigenvalue weighted by Gasteiger charge is 2.24. The Hall–Kier alpha value is -1.38. The second-order valence-electron chi connectivity index (χ2n) is 4.15. The number of hydrogen-bond donors (Lipinski definition) is 1. The minimum atomic E-state index is -0.309. The molecule has 94 valence electrons. The normalized spacial score (nSPS) is 13.7. The zero-order valence-corrected chi connectivity index (χ0v) is 10.9. The molecule has 1 aliphatic carbocycles. The van der Waals surface area contributed by atoms with Gasteiger partial charge in [-0.1, -0.05) is 13.8 Å². The Kier molecular flexibility index (Phi) is 4.67. The Labute approximate surface area is 102 Å². The number of carbonyl (C=O) groups excluding carboxylic acids is 1. The van der Waals surface area contributed by atoms with Gasteiger partial charge in [-0.2, -0.15) is 0 Å². The molecule has 3 heteroatoms. The summed E-state index contributed by atoms with van der Waals surface area (Å²) in [7, 11) is 0. The van der Waals surface area contributed by atoms with E-state index >= 15 is 0 Å². The summed E-state index contributed by atoms with van der Waals surface area (Å²) in [4.78, 5) is 11.6. The largest absolute Gasteiger partial charge is 0.349 e. The van der Waals surface area contributed by atoms with Crippen LogP contribution in [0, 0.1) is 19.7 Å². The minimum absolute atomic E-state index is 0.167. The second kappa shape index (κ2) is 5.80. The van der Waals surface area contributed by atoms with Crippen LogP contribution < -0.4 is 5.32 Å². The average Bonchev–Trinajstić information content (AvgIpc) is 3.11. The predicted molar refractivity (Wildman–Crippen MR) is 67.7 cm³/mol. The van der Waals surface area contributed by atoms with Crippen LogP contribution >= 0.6 is 0 Å². The van der Waals surface area contributed by atoms with Crippen LogP contribution in [0.15, 0.2) is 12.1 Å². The van der Waals surface area contributed by atoms with Crippen molar-refractivity contribution in [1.82, 2.24) is 5.32 Å². The van der Waals surface area contributed by atoms with E-state index in [1.165, 1.54) is 6.07 Å². The Balaban J connectivity index is 0.000000686. The lowest BCUT2D eigenvalue weighted by Crippen LogP contribution is -2.25. The number of carbonyl (C=O) groups is 1. The molecule has 1 aliphatic rings. The van der Waals surface area contributed by atoms with E-state index in [2.05, 4.69) is 5.32 Å². The van der Waals surface area contributed by atoms with Crippen LogP contribution in [-0.2, 0) is 0 Å². The van der Waals surface area contributed by atoms with Gasteiger partial charge in [-0.3, -0.25) is 4.79 Å². The highest BCUT2D eigenvalue weighted by Crippen LogP contribution is 2.20. The Bertz CT molecular complexity index is 388. The molecule has 1 N–H and O–H groups in total. The number of benzene rings is 1. The molecule has 2 rings (SSSR count). The van der Waals surface area contributed by atoms with E-state index in [1.807, 2.05) is 20.8 Å². The van der Waals surface area contributed by atoms with Gasteiger partial charge in [0.05, 0.1) is 0 Å². The van der Waals surface area contributed by atoms with Crippen molar-refractivity contribution in [2.75, 3.05) is 0 Å². The lowest BCUT2D eigenvalue weighted by atomic mass is 10.1. The Morgan fingerprint density at radius 2 is 1.88 bits per heavy atom. The van der Waals surface area contributed by atoms with Gasteiger partial charge in [-0.25, -0.2) is 4.39 Å². The highest BCUT2D eigenvalue weighted by atomic mass is 19.1. The van der Waals surface area contributed by atoms with Crippen molar-refractivity contribution in [1.29, 1.82) is 0 Å². The molecule has 0 atom stereocenters. The number of hydrogen-bond acceptors (Lipinski definition) is 1. The van der Waals surface area contributed by atoms with Crippen molar-refractivity contribution in [3.05, 3.63) is 34.6 Å². The quantitative estimate of drug-likeness (QED) is 0.839. The molecule has 17 heavy (non-hydrogen) atoms. The predicted octanol–water partition coefficient (Wildman–Crippen LogP) is 3.36. The van der Waals surface area contributed by atoms with E-state index in [4.69, 9.17) is 0 Å². The van der Waals surface area contributed by atoms with Crippen molar-refractivity contribution in [2.24, 2.45) is 0 Å². The fourth-order valence-electron chi connectivity index (χ4n) is 1.44. The van der Waals surface area contributed by atoms with Gasteiger partial charge in [0, 0.05) is 11.6 Å². The molecular formula is C14H20FNO. The molecule has 0 aromatic heterocycles. The molecule has 0 saturated heterocycles.